The number of carbonyl (C=O) groups is 1. The van der Waals surface area contributed by atoms with E-state index in [2.05, 4.69) is 20.3 Å². The number of nitrogens with one attached hydrogen (secondary N) is 3. The van der Waals surface area contributed by atoms with E-state index in [1.165, 1.54) is 12.1 Å². The van der Waals surface area contributed by atoms with E-state index in [1.54, 1.807) is 12.1 Å². The average Bonchev–Trinajstić information content (AvgIpc) is 3.15. The van der Waals surface area contributed by atoms with Crippen LogP contribution in [0.4, 0.5) is 0 Å². The first-order chi connectivity index (χ1) is 12.5. The van der Waals surface area contributed by atoms with Crippen LogP contribution < -0.4 is 15.4 Å². The summed E-state index contributed by atoms with van der Waals surface area (Å²) in [5, 5.41) is 6.18. The Bertz CT molecular complexity index is 717. The number of carbonyl (C=O) groups excluding carboxylic acids is 1. The van der Waals surface area contributed by atoms with Gasteiger partial charge in [-0.2, -0.15) is 0 Å². The molecule has 2 aliphatic rings. The van der Waals surface area contributed by atoms with Gasteiger partial charge in [0.1, 0.15) is 0 Å². The highest BCUT2D eigenvalue weighted by atomic mass is 35.5. The van der Waals surface area contributed by atoms with Gasteiger partial charge in [0, 0.05) is 50.9 Å². The zero-order valence-corrected chi connectivity index (χ0v) is 17.1. The molecular formula is C18H29ClN4O3S. The summed E-state index contributed by atoms with van der Waals surface area (Å²) in [4.78, 5) is 14.8. The topological polar surface area (TPSA) is 90.5 Å². The van der Waals surface area contributed by atoms with Crippen molar-refractivity contribution in [2.45, 2.75) is 36.6 Å². The summed E-state index contributed by atoms with van der Waals surface area (Å²) in [6.45, 7) is 5.27. The highest BCUT2D eigenvalue weighted by molar-refractivity contribution is 7.89. The molecule has 1 amide bonds. The molecule has 3 N–H and O–H groups in total. The van der Waals surface area contributed by atoms with E-state index in [1.807, 2.05) is 0 Å². The molecule has 3 rings (SSSR count). The SMILES string of the molecule is Cl.O=C(NCCN1CCNCC1)c1cccc(S(=O)(=O)NC2CCCC2)c1. The van der Waals surface area contributed by atoms with Crippen molar-refractivity contribution in [3.05, 3.63) is 29.8 Å². The molecule has 2 fully saturated rings. The highest BCUT2D eigenvalue weighted by Gasteiger charge is 2.23. The van der Waals surface area contributed by atoms with Crippen molar-refractivity contribution in [2.75, 3.05) is 39.3 Å². The van der Waals surface area contributed by atoms with Crippen molar-refractivity contribution in [3.8, 4) is 0 Å². The van der Waals surface area contributed by atoms with Gasteiger partial charge in [0.15, 0.2) is 0 Å². The third-order valence-corrected chi connectivity index (χ3v) is 6.52. The predicted octanol–water partition coefficient (Wildman–Crippen LogP) is 0.964. The Morgan fingerprint density at radius 3 is 2.59 bits per heavy atom. The van der Waals surface area contributed by atoms with Gasteiger partial charge in [-0.15, -0.1) is 12.4 Å². The first-order valence-corrected chi connectivity index (χ1v) is 10.9. The van der Waals surface area contributed by atoms with Gasteiger partial charge in [0.2, 0.25) is 10.0 Å². The zero-order valence-electron chi connectivity index (χ0n) is 15.4. The standard InChI is InChI=1S/C18H28N4O3S.ClH/c23-18(20-10-13-22-11-8-19-9-12-22)15-4-3-7-17(14-15)26(24,25)21-16-5-1-2-6-16;/h3-4,7,14,16,19,21H,1-2,5-6,8-13H2,(H,20,23);1H. The van der Waals surface area contributed by atoms with E-state index >= 15 is 0 Å². The number of hydrogen-bond acceptors (Lipinski definition) is 5. The minimum atomic E-state index is -3.58. The molecule has 1 aliphatic carbocycles. The number of rotatable bonds is 7. The van der Waals surface area contributed by atoms with Crippen LogP contribution in [0.2, 0.25) is 0 Å². The van der Waals surface area contributed by atoms with Crippen molar-refractivity contribution >= 4 is 28.3 Å². The van der Waals surface area contributed by atoms with Gasteiger partial charge in [-0.1, -0.05) is 18.9 Å². The molecule has 1 aromatic rings. The van der Waals surface area contributed by atoms with Crippen LogP contribution in [0.1, 0.15) is 36.0 Å². The molecule has 1 heterocycles. The third kappa shape index (κ3) is 6.43. The summed E-state index contributed by atoms with van der Waals surface area (Å²) < 4.78 is 27.8. The van der Waals surface area contributed by atoms with Gasteiger partial charge < -0.3 is 10.6 Å². The molecule has 1 saturated carbocycles. The van der Waals surface area contributed by atoms with Crippen LogP contribution in [0.3, 0.4) is 0 Å². The quantitative estimate of drug-likeness (QED) is 0.616. The van der Waals surface area contributed by atoms with E-state index in [-0.39, 0.29) is 29.3 Å². The summed E-state index contributed by atoms with van der Waals surface area (Å²) in [6.07, 6.45) is 3.88. The van der Waals surface area contributed by atoms with Gasteiger partial charge in [-0.25, -0.2) is 13.1 Å². The third-order valence-electron chi connectivity index (χ3n) is 5.01. The zero-order chi connectivity index (χ0) is 18.4. The number of sulfonamides is 1. The number of nitrogens with zero attached hydrogens (tertiary/aromatic N) is 1. The maximum atomic E-state index is 12.5. The molecule has 9 heteroatoms. The van der Waals surface area contributed by atoms with Crippen molar-refractivity contribution in [2.24, 2.45) is 0 Å². The predicted molar refractivity (Wildman–Crippen MR) is 108 cm³/mol. The van der Waals surface area contributed by atoms with E-state index in [4.69, 9.17) is 0 Å². The van der Waals surface area contributed by atoms with Crippen molar-refractivity contribution in [3.63, 3.8) is 0 Å². The lowest BCUT2D eigenvalue weighted by Gasteiger charge is -2.27. The fraction of sp³-hybridized carbons (Fsp3) is 0.611. The van der Waals surface area contributed by atoms with Crippen LogP contribution in [0.25, 0.3) is 0 Å². The Morgan fingerprint density at radius 2 is 1.89 bits per heavy atom. The molecular weight excluding hydrogens is 388 g/mol. The van der Waals surface area contributed by atoms with E-state index in [9.17, 15) is 13.2 Å². The number of benzene rings is 1. The van der Waals surface area contributed by atoms with Gasteiger partial charge in [0.05, 0.1) is 4.90 Å². The molecule has 7 nitrogen and oxygen atoms in total. The lowest BCUT2D eigenvalue weighted by Crippen LogP contribution is -2.46. The molecule has 0 unspecified atom stereocenters. The Kier molecular flexibility index (Phi) is 8.50. The minimum absolute atomic E-state index is 0. The average molecular weight is 417 g/mol. The lowest BCUT2D eigenvalue weighted by molar-refractivity contribution is 0.0947. The Labute approximate surface area is 167 Å². The van der Waals surface area contributed by atoms with Gasteiger partial charge >= 0.3 is 0 Å². The van der Waals surface area contributed by atoms with Gasteiger partial charge in [-0.3, -0.25) is 9.69 Å². The maximum absolute atomic E-state index is 12.5. The molecule has 152 valence electrons. The van der Waals surface area contributed by atoms with E-state index < -0.39 is 10.0 Å². The summed E-state index contributed by atoms with van der Waals surface area (Å²) >= 11 is 0. The fourth-order valence-electron chi connectivity index (χ4n) is 3.50. The number of piperazine rings is 1. The van der Waals surface area contributed by atoms with Crippen LogP contribution in [0, 0.1) is 0 Å². The smallest absolute Gasteiger partial charge is 0.251 e. The highest BCUT2D eigenvalue weighted by Crippen LogP contribution is 2.20. The summed E-state index contributed by atoms with van der Waals surface area (Å²) in [7, 11) is -3.58. The maximum Gasteiger partial charge on any atom is 0.251 e. The normalized spacial score (nSPS) is 18.8. The first-order valence-electron chi connectivity index (χ1n) is 9.38. The van der Waals surface area contributed by atoms with E-state index in [0.717, 1.165) is 58.4 Å². The Hall–Kier alpha value is -1.19. The van der Waals surface area contributed by atoms with Crippen LogP contribution in [-0.2, 0) is 10.0 Å². The molecule has 1 aromatic carbocycles. The number of amides is 1. The number of halogens is 1. The van der Waals surface area contributed by atoms with Crippen molar-refractivity contribution in [1.29, 1.82) is 0 Å². The molecule has 0 atom stereocenters. The summed E-state index contributed by atoms with van der Waals surface area (Å²) in [5.41, 5.74) is 0.375. The fourth-order valence-corrected chi connectivity index (χ4v) is 4.85. The molecule has 0 radical (unpaired) electrons. The summed E-state index contributed by atoms with van der Waals surface area (Å²) in [5.74, 6) is -0.238. The Morgan fingerprint density at radius 1 is 1.19 bits per heavy atom. The second-order valence-corrected chi connectivity index (χ2v) is 8.69. The van der Waals surface area contributed by atoms with Crippen LogP contribution in [0.5, 0.6) is 0 Å². The minimum Gasteiger partial charge on any atom is -0.351 e. The van der Waals surface area contributed by atoms with E-state index in [0.29, 0.717) is 12.1 Å². The van der Waals surface area contributed by atoms with Crippen molar-refractivity contribution in [1.82, 2.24) is 20.3 Å². The molecule has 0 spiro atoms. The summed E-state index contributed by atoms with van der Waals surface area (Å²) in [6, 6.07) is 6.27. The number of hydrogen-bond donors (Lipinski definition) is 3. The molecule has 0 bridgehead atoms. The molecule has 0 aromatic heterocycles. The molecule has 1 aliphatic heterocycles. The van der Waals surface area contributed by atoms with Crippen LogP contribution in [0.15, 0.2) is 29.2 Å². The second-order valence-electron chi connectivity index (χ2n) is 6.98. The lowest BCUT2D eigenvalue weighted by atomic mass is 10.2. The Balaban J connectivity index is 0.00000261. The first kappa shape index (κ1) is 22.1. The monoisotopic (exact) mass is 416 g/mol. The van der Waals surface area contributed by atoms with Crippen molar-refractivity contribution < 1.29 is 13.2 Å². The van der Waals surface area contributed by atoms with Crippen LogP contribution >= 0.6 is 12.4 Å². The van der Waals surface area contributed by atoms with Gasteiger partial charge in [-0.05, 0) is 31.0 Å². The molecule has 27 heavy (non-hydrogen) atoms. The van der Waals surface area contributed by atoms with Crippen LogP contribution in [-0.4, -0.2) is 64.5 Å². The molecule has 1 saturated heterocycles. The van der Waals surface area contributed by atoms with Gasteiger partial charge in [0.25, 0.3) is 5.91 Å². The second kappa shape index (κ2) is 10.4. The largest absolute Gasteiger partial charge is 0.351 e.